The first kappa shape index (κ1) is 28.4. The summed E-state index contributed by atoms with van der Waals surface area (Å²) in [7, 11) is 0. The molecule has 0 N–H and O–H groups in total. The number of hydrogen-bond donors (Lipinski definition) is 0. The quantitative estimate of drug-likeness (QED) is 0.103. The molecule has 0 amide bonds. The van der Waals surface area contributed by atoms with E-state index in [4.69, 9.17) is 14.1 Å². The second-order valence-corrected chi connectivity index (χ2v) is 10.2. The van der Waals surface area contributed by atoms with Crippen molar-refractivity contribution in [1.29, 1.82) is 0 Å². The van der Waals surface area contributed by atoms with Crippen molar-refractivity contribution in [2.24, 2.45) is 9.98 Å². The van der Waals surface area contributed by atoms with Gasteiger partial charge >= 0.3 is 0 Å². The zero-order valence-corrected chi connectivity index (χ0v) is 25.0. The van der Waals surface area contributed by atoms with E-state index in [-0.39, 0.29) is 0 Å². The number of anilines is 3. The number of hydrogen-bond acceptors (Lipinski definition) is 4. The van der Waals surface area contributed by atoms with Crippen LogP contribution in [-0.4, -0.2) is 19.1 Å². The van der Waals surface area contributed by atoms with Crippen molar-refractivity contribution >= 4 is 63.5 Å². The highest BCUT2D eigenvalue weighted by atomic mass is 16.5. The van der Waals surface area contributed by atoms with Gasteiger partial charge in [0, 0.05) is 27.6 Å². The summed E-state index contributed by atoms with van der Waals surface area (Å²) in [5.41, 5.74) is 6.17. The molecule has 6 rings (SSSR count). The van der Waals surface area contributed by atoms with Crippen LogP contribution in [0, 0.1) is 0 Å². The van der Waals surface area contributed by atoms with Gasteiger partial charge in [-0.2, -0.15) is 0 Å². The van der Waals surface area contributed by atoms with Crippen LogP contribution in [0.3, 0.4) is 0 Å². The van der Waals surface area contributed by atoms with Crippen LogP contribution in [-0.2, 0) is 0 Å². The molecule has 0 spiro atoms. The Labute approximate surface area is 257 Å². The lowest BCUT2D eigenvalue weighted by atomic mass is 9.98. The van der Waals surface area contributed by atoms with Crippen molar-refractivity contribution in [3.63, 3.8) is 0 Å². The van der Waals surface area contributed by atoms with E-state index < -0.39 is 0 Å². The van der Waals surface area contributed by atoms with Crippen molar-refractivity contribution < 1.29 is 9.15 Å². The molecular formula is C39H33N3O2. The highest BCUT2D eigenvalue weighted by molar-refractivity contribution is 6.20. The molecule has 0 saturated heterocycles. The van der Waals surface area contributed by atoms with Crippen LogP contribution in [0.5, 0.6) is 11.5 Å². The van der Waals surface area contributed by atoms with E-state index in [9.17, 15) is 0 Å². The van der Waals surface area contributed by atoms with E-state index in [1.165, 1.54) is 0 Å². The first-order valence-corrected chi connectivity index (χ1v) is 14.5. The molecule has 2 heterocycles. The topological polar surface area (TPSA) is 50.3 Å². The molecule has 0 unspecified atom stereocenters. The van der Waals surface area contributed by atoms with Gasteiger partial charge in [-0.15, -0.1) is 0 Å². The third kappa shape index (κ3) is 4.88. The molecular weight excluding hydrogens is 542 g/mol. The second-order valence-electron chi connectivity index (χ2n) is 10.2. The largest absolute Gasteiger partial charge is 0.454 e. The van der Waals surface area contributed by atoms with Gasteiger partial charge in [0.05, 0.1) is 12.2 Å². The SMILES string of the molecule is C=C/C=C(\C=C/C)CN=C(N=C)c1cccc(N2c3ccccc3Oc3c2c2oc(/C=C\C)c(C=C)c2c2ccccc32)c1. The molecule has 44 heavy (non-hydrogen) atoms. The van der Waals surface area contributed by atoms with Crippen molar-refractivity contribution in [3.8, 4) is 11.5 Å². The number of ether oxygens (including phenoxy) is 1. The predicted molar refractivity (Wildman–Crippen MR) is 187 cm³/mol. The average molecular weight is 576 g/mol. The molecule has 0 bridgehead atoms. The third-order valence-electron chi connectivity index (χ3n) is 7.55. The summed E-state index contributed by atoms with van der Waals surface area (Å²) in [4.78, 5) is 11.3. The Morgan fingerprint density at radius 3 is 2.48 bits per heavy atom. The minimum atomic E-state index is 0.454. The fourth-order valence-electron chi connectivity index (χ4n) is 5.75. The normalized spacial score (nSPS) is 13.4. The summed E-state index contributed by atoms with van der Waals surface area (Å²) in [6.07, 6.45) is 13.5. The highest BCUT2D eigenvalue weighted by Gasteiger charge is 2.33. The van der Waals surface area contributed by atoms with Crippen LogP contribution in [0.15, 0.2) is 136 Å². The Bertz CT molecular complexity index is 2060. The van der Waals surface area contributed by atoms with E-state index >= 15 is 0 Å². The molecule has 4 aromatic carbocycles. The lowest BCUT2D eigenvalue weighted by Crippen LogP contribution is -2.17. The minimum absolute atomic E-state index is 0.454. The molecule has 1 aliphatic rings. The standard InChI is InChI=1S/C39H33N3O2/c1-6-15-26(16-7-2)25-41-39(40-5)27-18-14-19-28(24-27)42-32-22-12-13-23-34(32)44-37-31-21-11-10-20-30(31)35-29(9-4)33(17-8-3)43-38(35)36(37)42/h6-24H,1,4-5,25H2,2-3H3/b16-7-,17-8-,26-15+,41-39?. The molecule has 0 atom stereocenters. The Morgan fingerprint density at radius 1 is 0.932 bits per heavy atom. The van der Waals surface area contributed by atoms with Gasteiger partial charge in [0.2, 0.25) is 0 Å². The molecule has 5 heteroatoms. The van der Waals surface area contributed by atoms with Crippen molar-refractivity contribution in [2.75, 3.05) is 11.4 Å². The van der Waals surface area contributed by atoms with Gasteiger partial charge in [-0.1, -0.05) is 98.1 Å². The average Bonchev–Trinajstić information content (AvgIpc) is 3.43. The monoisotopic (exact) mass is 575 g/mol. The van der Waals surface area contributed by atoms with Crippen LogP contribution in [0.1, 0.15) is 30.7 Å². The number of para-hydroxylation sites is 2. The van der Waals surface area contributed by atoms with Crippen molar-refractivity contribution in [2.45, 2.75) is 13.8 Å². The van der Waals surface area contributed by atoms with Gasteiger partial charge in [-0.3, -0.25) is 4.99 Å². The number of fused-ring (bicyclic) bond motifs is 7. The van der Waals surface area contributed by atoms with E-state index in [0.717, 1.165) is 72.8 Å². The minimum Gasteiger partial charge on any atom is -0.454 e. The summed E-state index contributed by atoms with van der Waals surface area (Å²) in [5, 5.41) is 3.02. The lowest BCUT2D eigenvalue weighted by molar-refractivity contribution is 0.481. The first-order chi connectivity index (χ1) is 21.6. The van der Waals surface area contributed by atoms with Gasteiger partial charge < -0.3 is 14.1 Å². The maximum absolute atomic E-state index is 6.68. The predicted octanol–water partition coefficient (Wildman–Crippen LogP) is 11.0. The van der Waals surface area contributed by atoms with E-state index in [1.807, 2.05) is 92.8 Å². The molecule has 5 aromatic rings. The summed E-state index contributed by atoms with van der Waals surface area (Å²) in [6.45, 7) is 16.2. The molecule has 1 aliphatic heterocycles. The van der Waals surface area contributed by atoms with E-state index in [2.05, 4.69) is 60.1 Å². The number of rotatable bonds is 8. The number of amidine groups is 1. The van der Waals surface area contributed by atoms with Gasteiger partial charge in [-0.25, -0.2) is 4.99 Å². The van der Waals surface area contributed by atoms with E-state index in [1.54, 1.807) is 6.08 Å². The number of furan rings is 1. The van der Waals surface area contributed by atoms with Crippen LogP contribution in [0.2, 0.25) is 0 Å². The van der Waals surface area contributed by atoms with Crippen molar-refractivity contribution in [1.82, 2.24) is 0 Å². The molecule has 0 fully saturated rings. The molecule has 0 saturated carbocycles. The molecule has 5 nitrogen and oxygen atoms in total. The van der Waals surface area contributed by atoms with Crippen LogP contribution < -0.4 is 9.64 Å². The fourth-order valence-corrected chi connectivity index (χ4v) is 5.75. The maximum Gasteiger partial charge on any atom is 0.163 e. The number of benzene rings is 4. The molecule has 0 aliphatic carbocycles. The zero-order valence-electron chi connectivity index (χ0n) is 25.0. The number of aliphatic imine (C=N–C) groups is 2. The van der Waals surface area contributed by atoms with Gasteiger partial charge in [0.15, 0.2) is 22.9 Å². The smallest absolute Gasteiger partial charge is 0.163 e. The number of allylic oxidation sites excluding steroid dienone is 4. The van der Waals surface area contributed by atoms with Crippen LogP contribution in [0.4, 0.5) is 17.1 Å². The lowest BCUT2D eigenvalue weighted by Gasteiger charge is -2.33. The Kier molecular flexibility index (Phi) is 7.94. The first-order valence-electron chi connectivity index (χ1n) is 14.5. The molecule has 1 aromatic heterocycles. The Morgan fingerprint density at radius 2 is 1.73 bits per heavy atom. The Hall–Kier alpha value is -5.68. The summed E-state index contributed by atoms with van der Waals surface area (Å²) in [6, 6.07) is 24.5. The Balaban J connectivity index is 1.62. The zero-order chi connectivity index (χ0) is 30.6. The van der Waals surface area contributed by atoms with Gasteiger partial charge in [0.25, 0.3) is 0 Å². The van der Waals surface area contributed by atoms with Crippen LogP contribution >= 0.6 is 0 Å². The summed E-state index contributed by atoms with van der Waals surface area (Å²) >= 11 is 0. The maximum atomic E-state index is 6.68. The fraction of sp³-hybridized carbons (Fsp3) is 0.0769. The highest BCUT2D eigenvalue weighted by Crippen LogP contribution is 2.57. The van der Waals surface area contributed by atoms with Crippen molar-refractivity contribution in [3.05, 3.63) is 139 Å². The molecule has 0 radical (unpaired) electrons. The number of nitrogens with zero attached hydrogens (tertiary/aromatic N) is 3. The van der Waals surface area contributed by atoms with Crippen LogP contribution in [0.25, 0.3) is 33.9 Å². The van der Waals surface area contributed by atoms with E-state index in [0.29, 0.717) is 12.4 Å². The summed E-state index contributed by atoms with van der Waals surface area (Å²) in [5.74, 6) is 2.78. The third-order valence-corrected chi connectivity index (χ3v) is 7.55. The second kappa shape index (κ2) is 12.3. The molecule has 216 valence electrons. The van der Waals surface area contributed by atoms with Gasteiger partial charge in [0.1, 0.15) is 11.4 Å². The van der Waals surface area contributed by atoms with Gasteiger partial charge in [-0.05, 0) is 61.9 Å². The summed E-state index contributed by atoms with van der Waals surface area (Å²) < 4.78 is 13.3.